The van der Waals surface area contributed by atoms with E-state index in [4.69, 9.17) is 4.74 Å². The van der Waals surface area contributed by atoms with Crippen LogP contribution in [0.3, 0.4) is 0 Å². The van der Waals surface area contributed by atoms with Crippen LogP contribution in [-0.2, 0) is 4.79 Å². The molecule has 0 saturated carbocycles. The van der Waals surface area contributed by atoms with Gasteiger partial charge in [0.25, 0.3) is 0 Å². The van der Waals surface area contributed by atoms with Crippen LogP contribution in [0, 0.1) is 0 Å². The highest BCUT2D eigenvalue weighted by molar-refractivity contribution is 5.48. The van der Waals surface area contributed by atoms with Crippen LogP contribution in [0.4, 0.5) is 0 Å². The molecule has 0 aliphatic carbocycles. The van der Waals surface area contributed by atoms with Gasteiger partial charge in [-0.05, 0) is 25.0 Å². The summed E-state index contributed by atoms with van der Waals surface area (Å²) in [6.45, 7) is 0.769. The average molecular weight is 206 g/mol. The fourth-order valence-electron chi connectivity index (χ4n) is 1.39. The van der Waals surface area contributed by atoms with Gasteiger partial charge < -0.3 is 9.53 Å². The molecule has 1 aromatic rings. The van der Waals surface area contributed by atoms with Crippen LogP contribution in [0.25, 0.3) is 0 Å². The third kappa shape index (κ3) is 5.89. The molecule has 82 valence electrons. The minimum Gasteiger partial charge on any atom is -0.494 e. The summed E-state index contributed by atoms with van der Waals surface area (Å²) >= 11 is 0. The molecular weight excluding hydrogens is 188 g/mol. The van der Waals surface area contributed by atoms with Crippen LogP contribution < -0.4 is 4.74 Å². The molecule has 0 spiro atoms. The predicted octanol–water partition coefficient (Wildman–Crippen LogP) is 3.21. The Morgan fingerprint density at radius 3 is 2.47 bits per heavy atom. The standard InChI is InChI=1S/C13H18O2/c14-11-7-2-1-3-8-12-15-13-9-5-4-6-10-13/h4-6,9-11H,1-3,7-8,12H2. The lowest BCUT2D eigenvalue weighted by Crippen LogP contribution is -1.96. The molecule has 0 aliphatic rings. The molecule has 0 aromatic heterocycles. The Bertz CT molecular complexity index is 256. The number of hydrogen-bond donors (Lipinski definition) is 0. The number of ether oxygens (including phenoxy) is 1. The molecule has 2 nitrogen and oxygen atoms in total. The zero-order chi connectivity index (χ0) is 10.8. The Morgan fingerprint density at radius 1 is 1.00 bits per heavy atom. The van der Waals surface area contributed by atoms with Crippen molar-refractivity contribution in [3.8, 4) is 5.75 Å². The summed E-state index contributed by atoms with van der Waals surface area (Å²) in [5, 5.41) is 0. The third-order valence-electron chi connectivity index (χ3n) is 2.23. The number of carbonyl (C=O) groups excluding carboxylic acids is 1. The summed E-state index contributed by atoms with van der Waals surface area (Å²) < 4.78 is 5.54. The zero-order valence-corrected chi connectivity index (χ0v) is 9.02. The highest BCUT2D eigenvalue weighted by atomic mass is 16.5. The Hall–Kier alpha value is -1.31. The molecule has 0 N–H and O–H groups in total. The summed E-state index contributed by atoms with van der Waals surface area (Å²) in [7, 11) is 0. The maximum absolute atomic E-state index is 10.1. The lowest BCUT2D eigenvalue weighted by atomic mass is 10.2. The lowest BCUT2D eigenvalue weighted by molar-refractivity contribution is -0.107. The molecule has 1 aromatic carbocycles. The van der Waals surface area contributed by atoms with E-state index >= 15 is 0 Å². The Kier molecular flexibility index (Phi) is 6.30. The van der Waals surface area contributed by atoms with Gasteiger partial charge in [0.2, 0.25) is 0 Å². The number of hydrogen-bond acceptors (Lipinski definition) is 2. The van der Waals surface area contributed by atoms with Crippen molar-refractivity contribution in [2.45, 2.75) is 32.1 Å². The lowest BCUT2D eigenvalue weighted by Gasteiger charge is -2.04. The number of para-hydroxylation sites is 1. The van der Waals surface area contributed by atoms with Crippen LogP contribution in [0.15, 0.2) is 30.3 Å². The number of unbranched alkanes of at least 4 members (excludes halogenated alkanes) is 4. The van der Waals surface area contributed by atoms with Crippen molar-refractivity contribution >= 4 is 6.29 Å². The number of rotatable bonds is 8. The SMILES string of the molecule is O=CCCCCCCOc1ccccc1. The van der Waals surface area contributed by atoms with E-state index in [2.05, 4.69) is 0 Å². The molecule has 0 fully saturated rings. The smallest absolute Gasteiger partial charge is 0.119 e. The largest absolute Gasteiger partial charge is 0.494 e. The van der Waals surface area contributed by atoms with E-state index in [0.29, 0.717) is 6.42 Å². The first-order valence-corrected chi connectivity index (χ1v) is 5.55. The van der Waals surface area contributed by atoms with Crippen molar-refractivity contribution in [1.29, 1.82) is 0 Å². The summed E-state index contributed by atoms with van der Waals surface area (Å²) in [4.78, 5) is 10.1. The summed E-state index contributed by atoms with van der Waals surface area (Å²) in [5.74, 6) is 0.936. The van der Waals surface area contributed by atoms with Gasteiger partial charge in [0.15, 0.2) is 0 Å². The highest BCUT2D eigenvalue weighted by Crippen LogP contribution is 2.09. The summed E-state index contributed by atoms with van der Waals surface area (Å²) in [6.07, 6.45) is 6.01. The zero-order valence-electron chi connectivity index (χ0n) is 9.02. The molecule has 0 radical (unpaired) electrons. The van der Waals surface area contributed by atoms with Crippen molar-refractivity contribution in [3.05, 3.63) is 30.3 Å². The summed E-state index contributed by atoms with van der Waals surface area (Å²) in [6, 6.07) is 9.85. The van der Waals surface area contributed by atoms with Crippen LogP contribution in [0.1, 0.15) is 32.1 Å². The average Bonchev–Trinajstić information content (AvgIpc) is 2.29. The molecule has 0 aliphatic heterocycles. The molecule has 0 heterocycles. The molecule has 1 rings (SSSR count). The van der Waals surface area contributed by atoms with Crippen molar-refractivity contribution in [2.24, 2.45) is 0 Å². The van der Waals surface area contributed by atoms with Gasteiger partial charge in [-0.25, -0.2) is 0 Å². The van der Waals surface area contributed by atoms with E-state index in [1.165, 1.54) is 0 Å². The molecule has 2 heteroatoms. The van der Waals surface area contributed by atoms with E-state index < -0.39 is 0 Å². The van der Waals surface area contributed by atoms with E-state index in [0.717, 1.165) is 44.3 Å². The number of aldehydes is 1. The highest BCUT2D eigenvalue weighted by Gasteiger charge is 1.92. The van der Waals surface area contributed by atoms with Crippen molar-refractivity contribution < 1.29 is 9.53 Å². The minimum atomic E-state index is 0.694. The molecule has 0 atom stereocenters. The van der Waals surface area contributed by atoms with E-state index in [-0.39, 0.29) is 0 Å². The van der Waals surface area contributed by atoms with Crippen molar-refractivity contribution in [3.63, 3.8) is 0 Å². The quantitative estimate of drug-likeness (QED) is 0.482. The predicted molar refractivity (Wildman–Crippen MR) is 61.1 cm³/mol. The molecule has 0 bridgehead atoms. The Labute approximate surface area is 91.3 Å². The number of benzene rings is 1. The van der Waals surface area contributed by atoms with Gasteiger partial charge in [0, 0.05) is 6.42 Å². The molecule has 0 saturated heterocycles. The van der Waals surface area contributed by atoms with Gasteiger partial charge in [-0.15, -0.1) is 0 Å². The Balaban J connectivity index is 1.95. The fraction of sp³-hybridized carbons (Fsp3) is 0.462. The van der Waals surface area contributed by atoms with Crippen LogP contribution >= 0.6 is 0 Å². The van der Waals surface area contributed by atoms with Gasteiger partial charge in [0.05, 0.1) is 6.61 Å². The van der Waals surface area contributed by atoms with E-state index in [9.17, 15) is 4.79 Å². The second-order valence-electron chi connectivity index (χ2n) is 3.53. The van der Waals surface area contributed by atoms with Gasteiger partial charge >= 0.3 is 0 Å². The molecule has 0 unspecified atom stereocenters. The molecule has 15 heavy (non-hydrogen) atoms. The maximum atomic E-state index is 10.1. The van der Waals surface area contributed by atoms with E-state index in [1.54, 1.807) is 0 Å². The first kappa shape index (κ1) is 11.8. The van der Waals surface area contributed by atoms with Crippen LogP contribution in [0.2, 0.25) is 0 Å². The maximum Gasteiger partial charge on any atom is 0.119 e. The third-order valence-corrected chi connectivity index (χ3v) is 2.23. The van der Waals surface area contributed by atoms with Crippen LogP contribution in [-0.4, -0.2) is 12.9 Å². The first-order chi connectivity index (χ1) is 7.43. The molecular formula is C13H18O2. The van der Waals surface area contributed by atoms with Gasteiger partial charge in [-0.3, -0.25) is 0 Å². The van der Waals surface area contributed by atoms with Gasteiger partial charge in [-0.2, -0.15) is 0 Å². The molecule has 0 amide bonds. The van der Waals surface area contributed by atoms with Gasteiger partial charge in [0.1, 0.15) is 12.0 Å². The normalized spacial score (nSPS) is 9.87. The van der Waals surface area contributed by atoms with Gasteiger partial charge in [-0.1, -0.05) is 31.0 Å². The van der Waals surface area contributed by atoms with Crippen molar-refractivity contribution in [2.75, 3.05) is 6.61 Å². The monoisotopic (exact) mass is 206 g/mol. The topological polar surface area (TPSA) is 26.3 Å². The van der Waals surface area contributed by atoms with E-state index in [1.807, 2.05) is 30.3 Å². The second kappa shape index (κ2) is 8.04. The van der Waals surface area contributed by atoms with Crippen LogP contribution in [0.5, 0.6) is 5.75 Å². The van der Waals surface area contributed by atoms with Crippen molar-refractivity contribution in [1.82, 2.24) is 0 Å². The second-order valence-corrected chi connectivity index (χ2v) is 3.53. The minimum absolute atomic E-state index is 0.694. The first-order valence-electron chi connectivity index (χ1n) is 5.55. The fourth-order valence-corrected chi connectivity index (χ4v) is 1.39. The Morgan fingerprint density at radius 2 is 1.73 bits per heavy atom. The summed E-state index contributed by atoms with van der Waals surface area (Å²) in [5.41, 5.74) is 0. The number of carbonyl (C=O) groups is 1.